The molecule has 0 aliphatic heterocycles. The lowest BCUT2D eigenvalue weighted by Crippen LogP contribution is -2.54. The highest BCUT2D eigenvalue weighted by molar-refractivity contribution is 7.92. The highest BCUT2D eigenvalue weighted by Crippen LogP contribution is 2.27. The summed E-state index contributed by atoms with van der Waals surface area (Å²) in [5, 5.41) is 3.38. The minimum Gasteiger partial charge on any atom is -0.352 e. The summed E-state index contributed by atoms with van der Waals surface area (Å²) in [6, 6.07) is 29.1. The number of halogens is 1. The van der Waals surface area contributed by atoms with E-state index in [1.54, 1.807) is 30.3 Å². The largest absolute Gasteiger partial charge is 0.352 e. The summed E-state index contributed by atoms with van der Waals surface area (Å²) in [5.74, 6) is -0.822. The smallest absolute Gasteiger partial charge is 0.264 e. The van der Waals surface area contributed by atoms with Crippen molar-refractivity contribution in [2.45, 2.75) is 64.1 Å². The van der Waals surface area contributed by atoms with Crippen molar-refractivity contribution in [2.75, 3.05) is 10.8 Å². The first kappa shape index (κ1) is 33.7. The van der Waals surface area contributed by atoms with Gasteiger partial charge < -0.3 is 10.2 Å². The quantitative estimate of drug-likeness (QED) is 0.175. The number of hydrogen-bond donors (Lipinski definition) is 1. The van der Waals surface area contributed by atoms with Crippen LogP contribution in [0, 0.1) is 13.8 Å². The zero-order chi connectivity index (χ0) is 32.6. The number of amides is 2. The average molecular weight is 646 g/mol. The van der Waals surface area contributed by atoms with Gasteiger partial charge in [-0.1, -0.05) is 102 Å². The number of hydrogen-bond acceptors (Lipinski definition) is 4. The topological polar surface area (TPSA) is 86.8 Å². The first-order valence-corrected chi connectivity index (χ1v) is 16.8. The van der Waals surface area contributed by atoms with Crippen LogP contribution in [0.5, 0.6) is 0 Å². The van der Waals surface area contributed by atoms with Crippen LogP contribution in [-0.2, 0) is 32.6 Å². The molecule has 2 atom stereocenters. The number of carbonyl (C=O) groups is 2. The summed E-state index contributed by atoms with van der Waals surface area (Å²) in [5.41, 5.74) is 3.86. The Hall–Kier alpha value is -4.14. The van der Waals surface area contributed by atoms with Crippen LogP contribution in [0.25, 0.3) is 0 Å². The Kier molecular flexibility index (Phi) is 11.4. The Bertz CT molecular complexity index is 1710. The second-order valence-corrected chi connectivity index (χ2v) is 13.6. The molecule has 1 N–H and O–H groups in total. The zero-order valence-corrected chi connectivity index (χ0v) is 27.7. The van der Waals surface area contributed by atoms with Crippen LogP contribution >= 0.6 is 11.6 Å². The molecule has 45 heavy (non-hydrogen) atoms. The van der Waals surface area contributed by atoms with Gasteiger partial charge in [0.2, 0.25) is 11.8 Å². The fourth-order valence-corrected chi connectivity index (χ4v) is 6.59. The van der Waals surface area contributed by atoms with Gasteiger partial charge in [0.25, 0.3) is 10.0 Å². The van der Waals surface area contributed by atoms with Crippen molar-refractivity contribution in [1.82, 2.24) is 10.2 Å². The van der Waals surface area contributed by atoms with E-state index < -0.39 is 28.5 Å². The van der Waals surface area contributed by atoms with E-state index in [9.17, 15) is 18.0 Å². The van der Waals surface area contributed by atoms with Gasteiger partial charge in [-0.15, -0.1) is 0 Å². The highest BCUT2D eigenvalue weighted by Gasteiger charge is 2.35. The summed E-state index contributed by atoms with van der Waals surface area (Å²) in [7, 11) is -4.20. The molecule has 0 saturated carbocycles. The van der Waals surface area contributed by atoms with Crippen LogP contribution in [0.15, 0.2) is 108 Å². The third-order valence-electron chi connectivity index (χ3n) is 7.69. The second kappa shape index (κ2) is 15.2. The molecule has 2 amide bonds. The number of carbonyl (C=O) groups excluding carboxylic acids is 2. The first-order chi connectivity index (χ1) is 21.5. The molecule has 0 saturated heterocycles. The predicted molar refractivity (Wildman–Crippen MR) is 181 cm³/mol. The minimum absolute atomic E-state index is 0.0430. The molecule has 236 valence electrons. The first-order valence-electron chi connectivity index (χ1n) is 15.0. The van der Waals surface area contributed by atoms with E-state index in [1.807, 2.05) is 82.3 Å². The standard InChI is InChI=1S/C36H40ClN3O4S/c1-5-28(4)38-36(42)34(22-29-12-7-6-8-13-29)39(24-30-14-9-11-27(3)21-30)35(41)25-40(32-16-10-15-31(37)23-32)45(43,44)33-19-17-26(2)18-20-33/h6-21,23,28,34H,5,22,24-25H2,1-4H3,(H,38,42)/t28-,34-/m1/s1. The van der Waals surface area contributed by atoms with E-state index in [1.165, 1.54) is 23.1 Å². The number of nitrogens with one attached hydrogen (secondary N) is 1. The Morgan fingerprint density at radius 3 is 2.13 bits per heavy atom. The van der Waals surface area contributed by atoms with Crippen molar-refractivity contribution in [3.8, 4) is 0 Å². The van der Waals surface area contributed by atoms with E-state index in [0.29, 0.717) is 11.4 Å². The summed E-state index contributed by atoms with van der Waals surface area (Å²) in [4.78, 5) is 30.0. The SMILES string of the molecule is CC[C@@H](C)NC(=O)[C@@H](Cc1ccccc1)N(Cc1cccc(C)c1)C(=O)CN(c1cccc(Cl)c1)S(=O)(=O)c1ccc(C)cc1. The number of anilines is 1. The lowest BCUT2D eigenvalue weighted by atomic mass is 10.0. The Labute approximate surface area is 271 Å². The molecule has 4 aromatic carbocycles. The molecule has 9 heteroatoms. The van der Waals surface area contributed by atoms with Gasteiger partial charge in [0.05, 0.1) is 10.6 Å². The average Bonchev–Trinajstić information content (AvgIpc) is 3.02. The second-order valence-electron chi connectivity index (χ2n) is 11.3. The molecule has 0 spiro atoms. The van der Waals surface area contributed by atoms with Gasteiger partial charge in [-0.05, 0) is 68.7 Å². The maximum absolute atomic E-state index is 14.5. The maximum Gasteiger partial charge on any atom is 0.264 e. The molecule has 4 rings (SSSR count). The van der Waals surface area contributed by atoms with Crippen LogP contribution in [0.2, 0.25) is 5.02 Å². The Balaban J connectivity index is 1.81. The van der Waals surface area contributed by atoms with Gasteiger partial charge in [-0.3, -0.25) is 13.9 Å². The molecule has 0 aromatic heterocycles. The molecule has 0 fully saturated rings. The van der Waals surface area contributed by atoms with Gasteiger partial charge in [0.1, 0.15) is 12.6 Å². The molecule has 0 aliphatic rings. The Morgan fingerprint density at radius 1 is 0.822 bits per heavy atom. The normalized spacial score (nSPS) is 12.6. The number of benzene rings is 4. The summed E-state index contributed by atoms with van der Waals surface area (Å²) >= 11 is 6.30. The zero-order valence-electron chi connectivity index (χ0n) is 26.1. The number of aryl methyl sites for hydroxylation is 2. The maximum atomic E-state index is 14.5. The van der Waals surface area contributed by atoms with Crippen LogP contribution in [0.1, 0.15) is 42.5 Å². The molecular weight excluding hydrogens is 606 g/mol. The number of nitrogens with zero attached hydrogens (tertiary/aromatic N) is 2. The van der Waals surface area contributed by atoms with Crippen molar-refractivity contribution >= 4 is 39.1 Å². The highest BCUT2D eigenvalue weighted by atomic mass is 35.5. The van der Waals surface area contributed by atoms with Crippen molar-refractivity contribution < 1.29 is 18.0 Å². The molecule has 4 aromatic rings. The third-order valence-corrected chi connectivity index (χ3v) is 9.71. The van der Waals surface area contributed by atoms with Gasteiger partial charge in [-0.2, -0.15) is 0 Å². The van der Waals surface area contributed by atoms with Gasteiger partial charge >= 0.3 is 0 Å². The van der Waals surface area contributed by atoms with Gasteiger partial charge in [-0.25, -0.2) is 8.42 Å². The van der Waals surface area contributed by atoms with E-state index in [2.05, 4.69) is 5.32 Å². The van der Waals surface area contributed by atoms with Crippen LogP contribution < -0.4 is 9.62 Å². The summed E-state index contributed by atoms with van der Waals surface area (Å²) in [6.07, 6.45) is 0.968. The van der Waals surface area contributed by atoms with E-state index in [-0.39, 0.29) is 35.5 Å². The van der Waals surface area contributed by atoms with Crippen LogP contribution in [0.4, 0.5) is 5.69 Å². The van der Waals surface area contributed by atoms with Crippen molar-refractivity contribution in [3.63, 3.8) is 0 Å². The number of rotatable bonds is 13. The van der Waals surface area contributed by atoms with Crippen LogP contribution in [-0.4, -0.2) is 43.8 Å². The fraction of sp³-hybridized carbons (Fsp3) is 0.278. The van der Waals surface area contributed by atoms with Gasteiger partial charge in [0, 0.05) is 24.0 Å². The fourth-order valence-electron chi connectivity index (χ4n) is 5.00. The van der Waals surface area contributed by atoms with Crippen molar-refractivity contribution in [3.05, 3.63) is 130 Å². The summed E-state index contributed by atoms with van der Waals surface area (Å²) < 4.78 is 29.3. The monoisotopic (exact) mass is 645 g/mol. The Morgan fingerprint density at radius 2 is 1.49 bits per heavy atom. The molecule has 7 nitrogen and oxygen atoms in total. The molecule has 0 unspecified atom stereocenters. The van der Waals surface area contributed by atoms with Gasteiger partial charge in [0.15, 0.2) is 0 Å². The molecule has 0 heterocycles. The predicted octanol–water partition coefficient (Wildman–Crippen LogP) is 6.71. The molecule has 0 aliphatic carbocycles. The lowest BCUT2D eigenvalue weighted by Gasteiger charge is -2.34. The van der Waals surface area contributed by atoms with Crippen LogP contribution in [0.3, 0.4) is 0 Å². The van der Waals surface area contributed by atoms with Crippen molar-refractivity contribution in [2.24, 2.45) is 0 Å². The molecule has 0 bridgehead atoms. The third kappa shape index (κ3) is 8.96. The van der Waals surface area contributed by atoms with E-state index in [4.69, 9.17) is 11.6 Å². The van der Waals surface area contributed by atoms with E-state index in [0.717, 1.165) is 26.6 Å². The van der Waals surface area contributed by atoms with E-state index >= 15 is 0 Å². The lowest BCUT2D eigenvalue weighted by molar-refractivity contribution is -0.140. The number of sulfonamides is 1. The summed E-state index contributed by atoms with van der Waals surface area (Å²) in [6.45, 7) is 7.30. The minimum atomic E-state index is -4.20. The molecule has 0 radical (unpaired) electrons. The molecular formula is C36H40ClN3O4S. The van der Waals surface area contributed by atoms with Crippen molar-refractivity contribution in [1.29, 1.82) is 0 Å².